The fraction of sp³-hybridized carbons (Fsp3) is 0.316. The lowest BCUT2D eigenvalue weighted by Gasteiger charge is -2.21. The van der Waals surface area contributed by atoms with Crippen molar-refractivity contribution in [3.05, 3.63) is 60.8 Å². The third kappa shape index (κ3) is 6.09. The summed E-state index contributed by atoms with van der Waals surface area (Å²) in [6, 6.07) is 12.1. The number of imidazole rings is 1. The minimum atomic E-state index is 0. The highest BCUT2D eigenvalue weighted by Gasteiger charge is 2.09. The Labute approximate surface area is 176 Å². The van der Waals surface area contributed by atoms with Crippen molar-refractivity contribution in [2.24, 2.45) is 4.99 Å². The normalized spacial score (nSPS) is 11.1. The van der Waals surface area contributed by atoms with E-state index in [9.17, 15) is 0 Å². The molecule has 0 amide bonds. The van der Waals surface area contributed by atoms with Gasteiger partial charge in [-0.25, -0.2) is 4.98 Å². The molecule has 27 heavy (non-hydrogen) atoms. The summed E-state index contributed by atoms with van der Waals surface area (Å²) in [4.78, 5) is 14.6. The number of aromatic nitrogens is 4. The fourth-order valence-electron chi connectivity index (χ4n) is 2.67. The summed E-state index contributed by atoms with van der Waals surface area (Å²) in [5.74, 6) is 1.77. The highest BCUT2D eigenvalue weighted by molar-refractivity contribution is 14.0. The number of H-pyrrole nitrogens is 1. The Morgan fingerprint density at radius 2 is 2.07 bits per heavy atom. The van der Waals surface area contributed by atoms with Crippen LogP contribution in [0.3, 0.4) is 0 Å². The Hall–Kier alpha value is -2.36. The molecule has 0 atom stereocenters. The SMILES string of the molecule is CCNC(=NCCn1cccn1)N(C)Cc1ncc(-c2ccccc2)[nH]1.I. The smallest absolute Gasteiger partial charge is 0.194 e. The molecule has 0 radical (unpaired) electrons. The predicted octanol–water partition coefficient (Wildman–Crippen LogP) is 2.99. The van der Waals surface area contributed by atoms with Gasteiger partial charge in [-0.05, 0) is 18.6 Å². The van der Waals surface area contributed by atoms with Crippen LogP contribution in [0.1, 0.15) is 12.7 Å². The Morgan fingerprint density at radius 1 is 1.26 bits per heavy atom. The molecule has 7 nitrogen and oxygen atoms in total. The van der Waals surface area contributed by atoms with E-state index in [-0.39, 0.29) is 24.0 Å². The molecule has 1 aromatic carbocycles. The second-order valence-electron chi connectivity index (χ2n) is 5.97. The van der Waals surface area contributed by atoms with Crippen LogP contribution >= 0.6 is 24.0 Å². The zero-order valence-electron chi connectivity index (χ0n) is 15.7. The van der Waals surface area contributed by atoms with Gasteiger partial charge in [-0.15, -0.1) is 24.0 Å². The fourth-order valence-corrected chi connectivity index (χ4v) is 2.67. The lowest BCUT2D eigenvalue weighted by molar-refractivity contribution is 0.462. The Kier molecular flexibility index (Phi) is 8.31. The van der Waals surface area contributed by atoms with Crippen molar-refractivity contribution in [3.8, 4) is 11.3 Å². The molecule has 0 saturated heterocycles. The van der Waals surface area contributed by atoms with Crippen LogP contribution in [0.4, 0.5) is 0 Å². The van der Waals surface area contributed by atoms with E-state index in [0.717, 1.165) is 36.1 Å². The quantitative estimate of drug-likeness (QED) is 0.311. The predicted molar refractivity (Wildman–Crippen MR) is 119 cm³/mol. The average Bonchev–Trinajstić information content (AvgIpc) is 3.34. The molecule has 0 saturated carbocycles. The molecule has 0 unspecified atom stereocenters. The van der Waals surface area contributed by atoms with Crippen molar-refractivity contribution >= 4 is 29.9 Å². The second kappa shape index (κ2) is 10.7. The highest BCUT2D eigenvalue weighted by atomic mass is 127. The van der Waals surface area contributed by atoms with Crippen LogP contribution in [0.25, 0.3) is 11.3 Å². The lowest BCUT2D eigenvalue weighted by Crippen LogP contribution is -2.39. The van der Waals surface area contributed by atoms with Crippen molar-refractivity contribution in [2.45, 2.75) is 20.0 Å². The molecule has 2 aromatic heterocycles. The van der Waals surface area contributed by atoms with Gasteiger partial charge < -0.3 is 15.2 Å². The first kappa shape index (κ1) is 20.9. The van der Waals surface area contributed by atoms with E-state index >= 15 is 0 Å². The number of nitrogens with zero attached hydrogens (tertiary/aromatic N) is 5. The average molecular weight is 479 g/mol. The molecular formula is C19H26IN7. The summed E-state index contributed by atoms with van der Waals surface area (Å²) >= 11 is 0. The van der Waals surface area contributed by atoms with Crippen LogP contribution in [-0.2, 0) is 13.1 Å². The standard InChI is InChI=1S/C19H25N7.HI/c1-3-20-19(21-11-13-26-12-7-10-23-26)25(2)15-18-22-14-17(24-18)16-8-5-4-6-9-16;/h4-10,12,14H,3,11,13,15H2,1-2H3,(H,20,21)(H,22,24);1H. The van der Waals surface area contributed by atoms with Gasteiger partial charge in [0.1, 0.15) is 5.82 Å². The van der Waals surface area contributed by atoms with E-state index in [1.54, 1.807) is 6.20 Å². The minimum Gasteiger partial charge on any atom is -0.357 e. The summed E-state index contributed by atoms with van der Waals surface area (Å²) in [5, 5.41) is 7.53. The molecule has 0 aliphatic heterocycles. The van der Waals surface area contributed by atoms with Crippen LogP contribution in [0, 0.1) is 0 Å². The third-order valence-electron chi connectivity index (χ3n) is 3.95. The van der Waals surface area contributed by atoms with Crippen LogP contribution < -0.4 is 5.32 Å². The van der Waals surface area contributed by atoms with E-state index < -0.39 is 0 Å². The number of aromatic amines is 1. The maximum absolute atomic E-state index is 4.68. The van der Waals surface area contributed by atoms with E-state index in [1.165, 1.54) is 0 Å². The molecule has 2 heterocycles. The number of benzene rings is 1. The third-order valence-corrected chi connectivity index (χ3v) is 3.95. The summed E-state index contributed by atoms with van der Waals surface area (Å²) in [7, 11) is 2.01. The summed E-state index contributed by atoms with van der Waals surface area (Å²) < 4.78 is 1.88. The topological polar surface area (TPSA) is 74.1 Å². The van der Waals surface area contributed by atoms with Gasteiger partial charge >= 0.3 is 0 Å². The van der Waals surface area contributed by atoms with Crippen molar-refractivity contribution in [3.63, 3.8) is 0 Å². The Bertz CT molecular complexity index is 812. The highest BCUT2D eigenvalue weighted by Crippen LogP contribution is 2.16. The zero-order chi connectivity index (χ0) is 18.2. The number of hydrogen-bond donors (Lipinski definition) is 2. The maximum Gasteiger partial charge on any atom is 0.194 e. The van der Waals surface area contributed by atoms with E-state index in [2.05, 4.69) is 49.3 Å². The summed E-state index contributed by atoms with van der Waals surface area (Å²) in [6.45, 7) is 4.96. The first-order valence-electron chi connectivity index (χ1n) is 8.82. The van der Waals surface area contributed by atoms with Crippen molar-refractivity contribution < 1.29 is 0 Å². The molecule has 3 rings (SSSR count). The number of halogens is 1. The first-order chi connectivity index (χ1) is 12.8. The number of rotatable bonds is 7. The molecular weight excluding hydrogens is 453 g/mol. The molecule has 8 heteroatoms. The monoisotopic (exact) mass is 479 g/mol. The molecule has 2 N–H and O–H groups in total. The molecule has 144 valence electrons. The molecule has 0 aliphatic rings. The van der Waals surface area contributed by atoms with Crippen LogP contribution in [0.15, 0.2) is 60.0 Å². The van der Waals surface area contributed by atoms with Gasteiger partial charge in [0.05, 0.1) is 31.5 Å². The Balaban J connectivity index is 0.00000261. The van der Waals surface area contributed by atoms with E-state index in [4.69, 9.17) is 0 Å². The van der Waals surface area contributed by atoms with Gasteiger partial charge in [0.2, 0.25) is 0 Å². The van der Waals surface area contributed by atoms with Gasteiger partial charge in [0, 0.05) is 26.0 Å². The van der Waals surface area contributed by atoms with Gasteiger partial charge in [-0.3, -0.25) is 9.67 Å². The minimum absolute atomic E-state index is 0. The van der Waals surface area contributed by atoms with E-state index in [1.807, 2.05) is 48.4 Å². The largest absolute Gasteiger partial charge is 0.357 e. The van der Waals surface area contributed by atoms with E-state index in [0.29, 0.717) is 13.1 Å². The molecule has 0 fully saturated rings. The first-order valence-corrected chi connectivity index (χ1v) is 8.82. The summed E-state index contributed by atoms with van der Waals surface area (Å²) in [5.41, 5.74) is 2.16. The summed E-state index contributed by atoms with van der Waals surface area (Å²) in [6.07, 6.45) is 5.60. The number of nitrogens with one attached hydrogen (secondary N) is 2. The van der Waals surface area contributed by atoms with Crippen LogP contribution in [-0.4, -0.2) is 50.7 Å². The molecule has 3 aromatic rings. The van der Waals surface area contributed by atoms with Crippen LogP contribution in [0.5, 0.6) is 0 Å². The van der Waals surface area contributed by atoms with Crippen LogP contribution in [0.2, 0.25) is 0 Å². The maximum atomic E-state index is 4.68. The van der Waals surface area contributed by atoms with Gasteiger partial charge in [-0.2, -0.15) is 5.10 Å². The molecule has 0 spiro atoms. The van der Waals surface area contributed by atoms with Crippen molar-refractivity contribution in [1.29, 1.82) is 0 Å². The van der Waals surface area contributed by atoms with Crippen molar-refractivity contribution in [2.75, 3.05) is 20.1 Å². The molecule has 0 aliphatic carbocycles. The molecule has 0 bridgehead atoms. The Morgan fingerprint density at radius 3 is 2.78 bits per heavy atom. The number of hydrogen-bond acceptors (Lipinski definition) is 3. The van der Waals surface area contributed by atoms with Gasteiger partial charge in [-0.1, -0.05) is 30.3 Å². The lowest BCUT2D eigenvalue weighted by atomic mass is 10.2. The van der Waals surface area contributed by atoms with Gasteiger partial charge in [0.25, 0.3) is 0 Å². The number of guanidine groups is 1. The zero-order valence-corrected chi connectivity index (χ0v) is 18.0. The van der Waals surface area contributed by atoms with Gasteiger partial charge in [0.15, 0.2) is 5.96 Å². The second-order valence-corrected chi connectivity index (χ2v) is 5.97. The number of aliphatic imine (C=N–C) groups is 1. The van der Waals surface area contributed by atoms with Crippen molar-refractivity contribution in [1.82, 2.24) is 30.0 Å².